The van der Waals surface area contributed by atoms with E-state index in [-0.39, 0.29) is 41.5 Å². The molecule has 140 valence electrons. The Labute approximate surface area is 157 Å². The molecule has 2 bridgehead atoms. The van der Waals surface area contributed by atoms with E-state index >= 15 is 0 Å². The van der Waals surface area contributed by atoms with Crippen LogP contribution in [0.15, 0.2) is 24.1 Å². The Hall–Kier alpha value is -2.47. The smallest absolute Gasteiger partial charge is 0.173 e. The van der Waals surface area contributed by atoms with Gasteiger partial charge in [-0.3, -0.25) is 9.48 Å². The summed E-state index contributed by atoms with van der Waals surface area (Å²) in [6.45, 7) is 6.05. The lowest BCUT2D eigenvalue weighted by Crippen LogP contribution is -2.33. The highest BCUT2D eigenvalue weighted by Crippen LogP contribution is 2.58. The molecule has 2 aliphatic heterocycles. The zero-order valence-electron chi connectivity index (χ0n) is 15.9. The lowest BCUT2D eigenvalue weighted by atomic mass is 9.74. The SMILES string of the molecule is Cc1cc(C)c(C2=C(O)[C@@H]3C4OC(C[C@@H]4c4cn(C)nn4)[C@@H]3C2=O)c(C)c1. The molecule has 6 nitrogen and oxygen atoms in total. The maximum absolute atomic E-state index is 13.3. The molecule has 0 saturated carbocycles. The number of Topliss-reactive ketones (excluding diaryl/α,β-unsaturated/α-hetero) is 1. The highest BCUT2D eigenvalue weighted by Gasteiger charge is 2.63. The zero-order valence-corrected chi connectivity index (χ0v) is 15.9. The van der Waals surface area contributed by atoms with Crippen LogP contribution in [0.1, 0.15) is 40.3 Å². The quantitative estimate of drug-likeness (QED) is 0.885. The minimum Gasteiger partial charge on any atom is -0.511 e. The number of ketones is 1. The molecule has 2 saturated heterocycles. The molecule has 0 spiro atoms. The first-order valence-corrected chi connectivity index (χ1v) is 9.44. The van der Waals surface area contributed by atoms with Crippen LogP contribution >= 0.6 is 0 Å². The molecule has 2 unspecified atom stereocenters. The van der Waals surface area contributed by atoms with Gasteiger partial charge in [0.1, 0.15) is 5.76 Å². The van der Waals surface area contributed by atoms with E-state index in [1.54, 1.807) is 4.68 Å². The number of ether oxygens (including phenoxy) is 1. The highest BCUT2D eigenvalue weighted by molar-refractivity contribution is 6.26. The Morgan fingerprint density at radius 1 is 1.19 bits per heavy atom. The highest BCUT2D eigenvalue weighted by atomic mass is 16.5. The minimum absolute atomic E-state index is 0.0256. The molecule has 1 aliphatic carbocycles. The lowest BCUT2D eigenvalue weighted by molar-refractivity contribution is -0.118. The van der Waals surface area contributed by atoms with Crippen molar-refractivity contribution in [3.05, 3.63) is 52.0 Å². The van der Waals surface area contributed by atoms with Gasteiger partial charge in [0, 0.05) is 19.2 Å². The summed E-state index contributed by atoms with van der Waals surface area (Å²) in [6.07, 6.45) is 2.27. The number of fused-ring (bicyclic) bond motifs is 5. The summed E-state index contributed by atoms with van der Waals surface area (Å²) < 4.78 is 7.81. The number of carbonyl (C=O) groups excluding carboxylic acids is 1. The molecular formula is C21H23N3O3. The fourth-order valence-electron chi connectivity index (χ4n) is 5.51. The number of aromatic nitrogens is 3. The third-order valence-electron chi connectivity index (χ3n) is 6.40. The summed E-state index contributed by atoms with van der Waals surface area (Å²) in [4.78, 5) is 13.3. The van der Waals surface area contributed by atoms with Crippen LogP contribution in [0.4, 0.5) is 0 Å². The summed E-state index contributed by atoms with van der Waals surface area (Å²) >= 11 is 0. The molecule has 5 atom stereocenters. The summed E-state index contributed by atoms with van der Waals surface area (Å²) in [6, 6.07) is 4.13. The molecule has 2 aromatic rings. The number of rotatable bonds is 2. The average molecular weight is 365 g/mol. The second-order valence-electron chi connectivity index (χ2n) is 8.25. The number of carbonyl (C=O) groups is 1. The topological polar surface area (TPSA) is 77.2 Å². The van der Waals surface area contributed by atoms with Crippen LogP contribution < -0.4 is 0 Å². The lowest BCUT2D eigenvalue weighted by Gasteiger charge is -2.26. The fraction of sp³-hybridized carbons (Fsp3) is 0.476. The molecule has 0 amide bonds. The number of hydrogen-bond donors (Lipinski definition) is 1. The molecule has 27 heavy (non-hydrogen) atoms. The Balaban J connectivity index is 1.58. The Bertz CT molecular complexity index is 983. The largest absolute Gasteiger partial charge is 0.511 e. The van der Waals surface area contributed by atoms with Gasteiger partial charge in [0.25, 0.3) is 0 Å². The van der Waals surface area contributed by atoms with Crippen molar-refractivity contribution in [2.45, 2.75) is 45.3 Å². The summed E-state index contributed by atoms with van der Waals surface area (Å²) in [5.41, 5.74) is 5.47. The predicted molar refractivity (Wildman–Crippen MR) is 99.2 cm³/mol. The number of aliphatic hydroxyl groups excluding tert-OH is 1. The number of nitrogens with zero attached hydrogens (tertiary/aromatic N) is 3. The molecule has 0 radical (unpaired) electrons. The number of aliphatic hydroxyl groups is 1. The maximum atomic E-state index is 13.3. The van der Waals surface area contributed by atoms with E-state index < -0.39 is 0 Å². The summed E-state index contributed by atoms with van der Waals surface area (Å²) in [7, 11) is 1.84. The van der Waals surface area contributed by atoms with Crippen molar-refractivity contribution in [1.29, 1.82) is 0 Å². The van der Waals surface area contributed by atoms with E-state index in [1.165, 1.54) is 0 Å². The second-order valence-corrected chi connectivity index (χ2v) is 8.25. The van der Waals surface area contributed by atoms with E-state index in [4.69, 9.17) is 4.74 Å². The van der Waals surface area contributed by atoms with Crippen molar-refractivity contribution in [3.63, 3.8) is 0 Å². The van der Waals surface area contributed by atoms with Crippen LogP contribution in [-0.2, 0) is 16.6 Å². The Morgan fingerprint density at radius 3 is 2.52 bits per heavy atom. The van der Waals surface area contributed by atoms with Crippen LogP contribution in [0.3, 0.4) is 0 Å². The van der Waals surface area contributed by atoms with Crippen LogP contribution in [0.5, 0.6) is 0 Å². The zero-order chi connectivity index (χ0) is 19.0. The van der Waals surface area contributed by atoms with E-state index in [0.717, 1.165) is 34.4 Å². The summed E-state index contributed by atoms with van der Waals surface area (Å²) in [5, 5.41) is 19.4. The summed E-state index contributed by atoms with van der Waals surface area (Å²) in [5.74, 6) is -0.269. The molecule has 1 aromatic heterocycles. The van der Waals surface area contributed by atoms with Crippen molar-refractivity contribution >= 4 is 11.4 Å². The number of allylic oxidation sites excluding steroid dienone is 1. The Morgan fingerprint density at radius 2 is 1.89 bits per heavy atom. The van der Waals surface area contributed by atoms with E-state index in [1.807, 2.05) is 34.0 Å². The van der Waals surface area contributed by atoms with E-state index in [2.05, 4.69) is 22.4 Å². The standard InChI is InChI=1S/C21H23N3O3/c1-9-5-10(2)15(11(3)6-9)17-19(25)16-14-7-12(13-8-24(4)23-22-13)21(27-14)18(16)20(17)26/h5-6,8,12,14,16,18,21,26H,7H2,1-4H3/t12-,14?,16+,18-,21?/m1/s1. The number of hydrogen-bond acceptors (Lipinski definition) is 5. The first-order chi connectivity index (χ1) is 12.9. The maximum Gasteiger partial charge on any atom is 0.173 e. The minimum atomic E-state index is -0.280. The second kappa shape index (κ2) is 5.52. The molecule has 2 fully saturated rings. The van der Waals surface area contributed by atoms with Gasteiger partial charge in [0.2, 0.25) is 0 Å². The first-order valence-electron chi connectivity index (χ1n) is 9.44. The van der Waals surface area contributed by atoms with Crippen molar-refractivity contribution in [2.75, 3.05) is 0 Å². The molecule has 5 rings (SSSR count). The third kappa shape index (κ3) is 2.19. The van der Waals surface area contributed by atoms with Crippen LogP contribution in [0, 0.1) is 32.6 Å². The van der Waals surface area contributed by atoms with Gasteiger partial charge < -0.3 is 9.84 Å². The average Bonchev–Trinajstić information content (AvgIpc) is 3.33. The van der Waals surface area contributed by atoms with Gasteiger partial charge in [0.05, 0.1) is 35.3 Å². The van der Waals surface area contributed by atoms with Crippen LogP contribution in [0.25, 0.3) is 5.57 Å². The van der Waals surface area contributed by atoms with Gasteiger partial charge in [-0.25, -0.2) is 0 Å². The van der Waals surface area contributed by atoms with Crippen molar-refractivity contribution in [1.82, 2.24) is 15.0 Å². The van der Waals surface area contributed by atoms with Crippen molar-refractivity contribution in [3.8, 4) is 0 Å². The number of aryl methyl sites for hydroxylation is 4. The molecule has 1 N–H and O–H groups in total. The third-order valence-corrected chi connectivity index (χ3v) is 6.40. The molecule has 3 heterocycles. The van der Waals surface area contributed by atoms with Gasteiger partial charge in [-0.05, 0) is 43.9 Å². The molecule has 6 heteroatoms. The molecular weight excluding hydrogens is 342 g/mol. The van der Waals surface area contributed by atoms with Crippen LogP contribution in [-0.4, -0.2) is 38.1 Å². The van der Waals surface area contributed by atoms with Gasteiger partial charge in [0.15, 0.2) is 5.78 Å². The molecule has 3 aliphatic rings. The van der Waals surface area contributed by atoms with Crippen LogP contribution in [0.2, 0.25) is 0 Å². The predicted octanol–water partition coefficient (Wildman–Crippen LogP) is 2.78. The van der Waals surface area contributed by atoms with E-state index in [0.29, 0.717) is 5.57 Å². The monoisotopic (exact) mass is 365 g/mol. The van der Waals surface area contributed by atoms with Gasteiger partial charge in [-0.2, -0.15) is 0 Å². The fourth-order valence-corrected chi connectivity index (χ4v) is 5.51. The Kier molecular flexibility index (Phi) is 3.41. The van der Waals surface area contributed by atoms with Crippen molar-refractivity contribution < 1.29 is 14.6 Å². The van der Waals surface area contributed by atoms with Gasteiger partial charge >= 0.3 is 0 Å². The first kappa shape index (κ1) is 16.7. The number of benzene rings is 1. The molecule has 1 aromatic carbocycles. The van der Waals surface area contributed by atoms with Crippen molar-refractivity contribution in [2.24, 2.45) is 18.9 Å². The van der Waals surface area contributed by atoms with E-state index in [9.17, 15) is 9.90 Å². The van der Waals surface area contributed by atoms with Gasteiger partial charge in [-0.15, -0.1) is 5.10 Å². The normalized spacial score (nSPS) is 31.9. The van der Waals surface area contributed by atoms with Gasteiger partial charge in [-0.1, -0.05) is 22.9 Å².